The molecule has 0 saturated carbocycles. The number of para-hydroxylation sites is 1. The summed E-state index contributed by atoms with van der Waals surface area (Å²) in [7, 11) is 0. The Morgan fingerprint density at radius 3 is 2.54 bits per heavy atom. The minimum atomic E-state index is -0.577. The van der Waals surface area contributed by atoms with Gasteiger partial charge in [-0.25, -0.2) is 9.18 Å². The molecule has 6 nitrogen and oxygen atoms in total. The number of fused-ring (bicyclic) bond motifs is 1. The number of benzene rings is 2. The van der Waals surface area contributed by atoms with Crippen molar-refractivity contribution in [2.75, 3.05) is 13.1 Å². The Hall–Kier alpha value is -2.93. The number of hydrogen-bond acceptors (Lipinski definition) is 3. The summed E-state index contributed by atoms with van der Waals surface area (Å²) in [5.74, 6) is -0.827. The fourth-order valence-corrected chi connectivity index (χ4v) is 3.83. The fraction of sp³-hybridized carbons (Fsp3) is 0.250. The first-order valence-corrected chi connectivity index (χ1v) is 9.31. The predicted octanol–water partition coefficient (Wildman–Crippen LogP) is 2.96. The number of hydrogen-bond donors (Lipinski definition) is 1. The zero-order valence-corrected chi connectivity index (χ0v) is 15.6. The van der Waals surface area contributed by atoms with Crippen molar-refractivity contribution < 1.29 is 9.18 Å². The van der Waals surface area contributed by atoms with E-state index in [-0.39, 0.29) is 22.5 Å². The molecule has 0 bridgehead atoms. The lowest BCUT2D eigenvalue weighted by atomic mass is 10.0. The molecule has 2 aromatic carbocycles. The van der Waals surface area contributed by atoms with E-state index in [1.165, 1.54) is 16.7 Å². The van der Waals surface area contributed by atoms with Crippen LogP contribution in [0.25, 0.3) is 10.9 Å². The number of aromatic amines is 1. The van der Waals surface area contributed by atoms with Gasteiger partial charge in [0.15, 0.2) is 0 Å². The summed E-state index contributed by atoms with van der Waals surface area (Å²) in [6.07, 6.45) is 0.948. The molecule has 1 aliphatic rings. The smallest absolute Gasteiger partial charge is 0.329 e. The molecular formula is C20H17ClFN3O3. The van der Waals surface area contributed by atoms with Crippen LogP contribution in [0, 0.1) is 5.82 Å². The second-order valence-corrected chi connectivity index (χ2v) is 7.21. The molecule has 144 valence electrons. The van der Waals surface area contributed by atoms with E-state index in [4.69, 9.17) is 11.6 Å². The number of nitrogens with one attached hydrogen (secondary N) is 1. The first-order chi connectivity index (χ1) is 13.5. The van der Waals surface area contributed by atoms with Gasteiger partial charge in [-0.2, -0.15) is 0 Å². The van der Waals surface area contributed by atoms with Crippen molar-refractivity contribution in [2.24, 2.45) is 0 Å². The van der Waals surface area contributed by atoms with E-state index in [2.05, 4.69) is 4.98 Å². The number of carbonyl (C=O) groups excluding carboxylic acids is 1. The van der Waals surface area contributed by atoms with E-state index in [9.17, 15) is 18.8 Å². The van der Waals surface area contributed by atoms with E-state index in [1.54, 1.807) is 29.2 Å². The molecule has 1 saturated heterocycles. The van der Waals surface area contributed by atoms with Crippen molar-refractivity contribution in [3.8, 4) is 0 Å². The summed E-state index contributed by atoms with van der Waals surface area (Å²) in [4.78, 5) is 42.2. The quantitative estimate of drug-likeness (QED) is 0.717. The highest BCUT2D eigenvalue weighted by atomic mass is 35.5. The van der Waals surface area contributed by atoms with Crippen LogP contribution in [-0.4, -0.2) is 33.4 Å². The Balaban J connectivity index is 1.55. The van der Waals surface area contributed by atoms with Crippen molar-refractivity contribution in [2.45, 2.75) is 18.9 Å². The average Bonchev–Trinajstić information content (AvgIpc) is 2.70. The molecule has 1 aliphatic heterocycles. The van der Waals surface area contributed by atoms with Crippen molar-refractivity contribution in [3.05, 3.63) is 79.7 Å². The lowest BCUT2D eigenvalue weighted by molar-refractivity contribution is 0.0692. The van der Waals surface area contributed by atoms with E-state index < -0.39 is 11.5 Å². The Labute approximate surface area is 164 Å². The van der Waals surface area contributed by atoms with Gasteiger partial charge in [0.05, 0.1) is 15.9 Å². The first-order valence-electron chi connectivity index (χ1n) is 8.93. The van der Waals surface area contributed by atoms with Crippen LogP contribution in [0.3, 0.4) is 0 Å². The van der Waals surface area contributed by atoms with Crippen molar-refractivity contribution >= 4 is 28.4 Å². The highest BCUT2D eigenvalue weighted by Gasteiger charge is 2.27. The molecule has 0 spiro atoms. The van der Waals surface area contributed by atoms with Crippen LogP contribution in [-0.2, 0) is 0 Å². The molecule has 8 heteroatoms. The molecule has 1 N–H and O–H groups in total. The number of carbonyl (C=O) groups is 1. The van der Waals surface area contributed by atoms with Gasteiger partial charge in [-0.05, 0) is 43.2 Å². The van der Waals surface area contributed by atoms with Crippen LogP contribution in [0.5, 0.6) is 0 Å². The number of amides is 1. The Bertz CT molecular complexity index is 1180. The maximum absolute atomic E-state index is 13.3. The molecule has 0 aliphatic carbocycles. The number of aromatic nitrogens is 2. The van der Waals surface area contributed by atoms with E-state index >= 15 is 0 Å². The maximum Gasteiger partial charge on any atom is 0.329 e. The average molecular weight is 402 g/mol. The molecule has 28 heavy (non-hydrogen) atoms. The molecule has 2 heterocycles. The van der Waals surface area contributed by atoms with Crippen molar-refractivity contribution in [1.29, 1.82) is 0 Å². The van der Waals surface area contributed by atoms with E-state index in [0.717, 1.165) is 6.07 Å². The Kier molecular flexibility index (Phi) is 4.77. The van der Waals surface area contributed by atoms with Gasteiger partial charge in [-0.3, -0.25) is 14.2 Å². The molecule has 3 aromatic rings. The Morgan fingerprint density at radius 1 is 1.11 bits per heavy atom. The fourth-order valence-electron chi connectivity index (χ4n) is 3.65. The maximum atomic E-state index is 13.3. The molecule has 1 aromatic heterocycles. The highest BCUT2D eigenvalue weighted by Crippen LogP contribution is 2.23. The summed E-state index contributed by atoms with van der Waals surface area (Å²) < 4.78 is 14.6. The van der Waals surface area contributed by atoms with E-state index in [1.807, 2.05) is 0 Å². The zero-order valence-electron chi connectivity index (χ0n) is 14.8. The number of H-pyrrole nitrogens is 1. The van der Waals surface area contributed by atoms with Gasteiger partial charge >= 0.3 is 5.69 Å². The van der Waals surface area contributed by atoms with Crippen LogP contribution in [0.4, 0.5) is 4.39 Å². The minimum Gasteiger partial charge on any atom is -0.338 e. The molecule has 0 unspecified atom stereocenters. The monoisotopic (exact) mass is 401 g/mol. The number of likely N-dealkylation sites (tertiary alicyclic amines) is 1. The molecule has 1 fully saturated rings. The summed E-state index contributed by atoms with van der Waals surface area (Å²) in [6, 6.07) is 10.5. The largest absolute Gasteiger partial charge is 0.338 e. The van der Waals surface area contributed by atoms with Crippen LogP contribution >= 0.6 is 11.6 Å². The minimum absolute atomic E-state index is 0.102. The zero-order chi connectivity index (χ0) is 19.8. The van der Waals surface area contributed by atoms with Crippen molar-refractivity contribution in [1.82, 2.24) is 14.5 Å². The van der Waals surface area contributed by atoms with Gasteiger partial charge in [0.1, 0.15) is 5.82 Å². The number of halogens is 2. The third-order valence-corrected chi connectivity index (χ3v) is 5.41. The predicted molar refractivity (Wildman–Crippen MR) is 104 cm³/mol. The number of nitrogens with zero attached hydrogens (tertiary/aromatic N) is 2. The van der Waals surface area contributed by atoms with Crippen molar-refractivity contribution in [3.63, 3.8) is 0 Å². The number of rotatable bonds is 2. The van der Waals surface area contributed by atoms with Crippen LogP contribution < -0.4 is 11.2 Å². The third-order valence-electron chi connectivity index (χ3n) is 5.12. The Morgan fingerprint density at radius 2 is 1.82 bits per heavy atom. The normalized spacial score (nSPS) is 15.1. The number of piperidine rings is 1. The summed E-state index contributed by atoms with van der Waals surface area (Å²) >= 11 is 5.76. The van der Waals surface area contributed by atoms with Gasteiger partial charge in [-0.15, -0.1) is 0 Å². The lowest BCUT2D eigenvalue weighted by Crippen LogP contribution is -2.45. The van der Waals surface area contributed by atoms with Crippen LogP contribution in [0.1, 0.15) is 29.2 Å². The standard InChI is InChI=1S/C20H17ClFN3O3/c21-15-11-12(5-6-16(15)22)18(26)24-9-7-13(8-10-24)25-19(27)14-3-1-2-4-17(14)23-20(25)28/h1-6,11,13H,7-10H2,(H,23,28). The second kappa shape index (κ2) is 7.24. The van der Waals surface area contributed by atoms with Gasteiger partial charge in [0.2, 0.25) is 0 Å². The molecule has 1 amide bonds. The molecular weight excluding hydrogens is 385 g/mol. The van der Waals surface area contributed by atoms with Gasteiger partial charge in [-0.1, -0.05) is 23.7 Å². The first kappa shape index (κ1) is 18.4. The van der Waals surface area contributed by atoms with Gasteiger partial charge < -0.3 is 9.88 Å². The van der Waals surface area contributed by atoms with Crippen LogP contribution in [0.2, 0.25) is 5.02 Å². The molecule has 0 atom stereocenters. The second-order valence-electron chi connectivity index (χ2n) is 6.80. The molecule has 0 radical (unpaired) electrons. The third kappa shape index (κ3) is 3.22. The molecule has 4 rings (SSSR count). The van der Waals surface area contributed by atoms with Gasteiger partial charge in [0, 0.05) is 24.7 Å². The summed E-state index contributed by atoms with van der Waals surface area (Å²) in [5, 5.41) is 0.358. The summed E-state index contributed by atoms with van der Waals surface area (Å²) in [6.45, 7) is 0.772. The highest BCUT2D eigenvalue weighted by molar-refractivity contribution is 6.31. The van der Waals surface area contributed by atoms with E-state index in [0.29, 0.717) is 42.4 Å². The van der Waals surface area contributed by atoms with Crippen LogP contribution in [0.15, 0.2) is 52.1 Å². The summed E-state index contributed by atoms with van der Waals surface area (Å²) in [5.41, 5.74) is 0.0494. The van der Waals surface area contributed by atoms with Gasteiger partial charge in [0.25, 0.3) is 11.5 Å². The lowest BCUT2D eigenvalue weighted by Gasteiger charge is -2.32. The SMILES string of the molecule is O=C(c1ccc(F)c(Cl)c1)N1CCC(n2c(=O)[nH]c3ccccc3c2=O)CC1. The topological polar surface area (TPSA) is 75.2 Å².